The molecule has 1 unspecified atom stereocenters. The van der Waals surface area contributed by atoms with Crippen LogP contribution in [0.3, 0.4) is 0 Å². The molecule has 2 heterocycles. The summed E-state index contributed by atoms with van der Waals surface area (Å²) in [6.45, 7) is 8.90. The van der Waals surface area contributed by atoms with E-state index in [2.05, 4.69) is 15.4 Å². The number of H-pyrrole nitrogens is 1. The number of carbonyl (C=O) groups is 1. The number of urea groups is 1. The standard InChI is InChI=1S/C8H13FN2O.C6H9N3O2/c1-5(2)11-4-7(9)6(3)10-8(11)12;1-4(2)9-6(11)8-5(10)3-7-9/h4-6H,1-3H3,(H,10,12);3-4H,1-2H3,(H,8,10,11). The van der Waals surface area contributed by atoms with Gasteiger partial charge < -0.3 is 5.32 Å². The second-order valence-corrected chi connectivity index (χ2v) is 5.66. The van der Waals surface area contributed by atoms with E-state index < -0.39 is 17.3 Å². The van der Waals surface area contributed by atoms with Gasteiger partial charge >= 0.3 is 11.7 Å². The van der Waals surface area contributed by atoms with Crippen LogP contribution in [0.5, 0.6) is 0 Å². The first-order valence-electron chi connectivity index (χ1n) is 7.27. The number of rotatable bonds is 2. The Morgan fingerprint density at radius 2 is 1.78 bits per heavy atom. The number of carbonyl (C=O) groups excluding carboxylic acids is 1. The second kappa shape index (κ2) is 7.70. The van der Waals surface area contributed by atoms with Crippen molar-refractivity contribution < 1.29 is 9.18 Å². The maximum absolute atomic E-state index is 13.0. The van der Waals surface area contributed by atoms with Crippen LogP contribution in [0, 0.1) is 0 Å². The van der Waals surface area contributed by atoms with Crippen LogP contribution in [0.2, 0.25) is 0 Å². The van der Waals surface area contributed by atoms with Crippen molar-refractivity contribution in [1.29, 1.82) is 0 Å². The van der Waals surface area contributed by atoms with Gasteiger partial charge in [-0.3, -0.25) is 14.7 Å². The lowest BCUT2D eigenvalue weighted by atomic mass is 10.2. The zero-order valence-corrected chi connectivity index (χ0v) is 13.8. The summed E-state index contributed by atoms with van der Waals surface area (Å²) in [5.41, 5.74) is -0.931. The van der Waals surface area contributed by atoms with Gasteiger partial charge in [0.1, 0.15) is 12.0 Å². The largest absolute Gasteiger partial charge is 0.344 e. The number of hydrogen-bond donors (Lipinski definition) is 2. The molecule has 0 fully saturated rings. The summed E-state index contributed by atoms with van der Waals surface area (Å²) in [7, 11) is 0. The van der Waals surface area contributed by atoms with Gasteiger partial charge in [0.05, 0.1) is 12.1 Å². The zero-order chi connectivity index (χ0) is 17.7. The van der Waals surface area contributed by atoms with E-state index in [-0.39, 0.29) is 23.9 Å². The van der Waals surface area contributed by atoms with Crippen molar-refractivity contribution in [1.82, 2.24) is 25.0 Å². The average molecular weight is 327 g/mol. The van der Waals surface area contributed by atoms with E-state index in [1.54, 1.807) is 6.92 Å². The monoisotopic (exact) mass is 327 g/mol. The first kappa shape index (κ1) is 18.6. The smallest absolute Gasteiger partial charge is 0.329 e. The van der Waals surface area contributed by atoms with Gasteiger partial charge in [-0.1, -0.05) is 0 Å². The third-order valence-corrected chi connectivity index (χ3v) is 3.03. The number of halogens is 1. The molecule has 1 aromatic rings. The molecule has 0 spiro atoms. The molecule has 0 bridgehead atoms. The molecule has 1 aliphatic heterocycles. The van der Waals surface area contributed by atoms with Crippen LogP contribution in [0.4, 0.5) is 9.18 Å². The molecule has 0 aliphatic carbocycles. The number of nitrogens with one attached hydrogen (secondary N) is 2. The Morgan fingerprint density at radius 1 is 1.17 bits per heavy atom. The summed E-state index contributed by atoms with van der Waals surface area (Å²) in [5, 5.41) is 6.14. The fourth-order valence-electron chi connectivity index (χ4n) is 1.75. The predicted molar refractivity (Wildman–Crippen MR) is 83.7 cm³/mol. The Balaban J connectivity index is 0.000000231. The van der Waals surface area contributed by atoms with Crippen LogP contribution in [0.15, 0.2) is 27.8 Å². The van der Waals surface area contributed by atoms with Crippen molar-refractivity contribution in [2.75, 3.05) is 0 Å². The molecule has 2 N–H and O–H groups in total. The molecular formula is C14H22FN5O3. The minimum Gasteiger partial charge on any atom is -0.329 e. The zero-order valence-electron chi connectivity index (χ0n) is 13.8. The molecule has 1 aromatic heterocycles. The van der Waals surface area contributed by atoms with Gasteiger partial charge in [-0.2, -0.15) is 5.10 Å². The lowest BCUT2D eigenvalue weighted by Crippen LogP contribution is -2.48. The van der Waals surface area contributed by atoms with E-state index in [0.717, 1.165) is 6.20 Å². The highest BCUT2D eigenvalue weighted by Crippen LogP contribution is 2.14. The van der Waals surface area contributed by atoms with Crippen LogP contribution in [0.25, 0.3) is 0 Å². The molecule has 0 aromatic carbocycles. The van der Waals surface area contributed by atoms with E-state index in [9.17, 15) is 18.8 Å². The van der Waals surface area contributed by atoms with E-state index >= 15 is 0 Å². The van der Waals surface area contributed by atoms with E-state index in [1.165, 1.54) is 15.8 Å². The molecule has 9 heteroatoms. The van der Waals surface area contributed by atoms with E-state index in [0.29, 0.717) is 0 Å². The fourth-order valence-corrected chi connectivity index (χ4v) is 1.75. The van der Waals surface area contributed by atoms with Crippen molar-refractivity contribution in [3.05, 3.63) is 39.1 Å². The summed E-state index contributed by atoms with van der Waals surface area (Å²) in [6, 6.07) is -0.769. The van der Waals surface area contributed by atoms with Crippen molar-refractivity contribution in [3.63, 3.8) is 0 Å². The van der Waals surface area contributed by atoms with Gasteiger partial charge in [0.15, 0.2) is 0 Å². The van der Waals surface area contributed by atoms with Gasteiger partial charge in [-0.05, 0) is 34.6 Å². The molecule has 1 aliphatic rings. The van der Waals surface area contributed by atoms with Gasteiger partial charge in [0.25, 0.3) is 5.56 Å². The second-order valence-electron chi connectivity index (χ2n) is 5.66. The first-order valence-corrected chi connectivity index (χ1v) is 7.27. The topological polar surface area (TPSA) is 100 Å². The third-order valence-electron chi connectivity index (χ3n) is 3.03. The molecular weight excluding hydrogens is 305 g/mol. The average Bonchev–Trinajstić information content (AvgIpc) is 2.42. The summed E-state index contributed by atoms with van der Waals surface area (Å²) in [6.07, 6.45) is 2.34. The first-order chi connectivity index (χ1) is 10.6. The van der Waals surface area contributed by atoms with Gasteiger partial charge in [0, 0.05) is 12.2 Å². The van der Waals surface area contributed by atoms with Gasteiger partial charge in [-0.25, -0.2) is 18.7 Å². The van der Waals surface area contributed by atoms with Gasteiger partial charge in [0.2, 0.25) is 0 Å². The Kier molecular flexibility index (Phi) is 6.23. The molecule has 2 rings (SSSR count). The molecule has 2 amide bonds. The van der Waals surface area contributed by atoms with E-state index in [1.807, 2.05) is 27.7 Å². The van der Waals surface area contributed by atoms with Crippen LogP contribution in [0.1, 0.15) is 40.7 Å². The number of hydrogen-bond acceptors (Lipinski definition) is 4. The van der Waals surface area contributed by atoms with Crippen molar-refractivity contribution in [2.24, 2.45) is 0 Å². The Hall–Kier alpha value is -2.45. The summed E-state index contributed by atoms with van der Waals surface area (Å²) >= 11 is 0. The Labute approximate surface area is 133 Å². The van der Waals surface area contributed by atoms with Crippen LogP contribution in [-0.2, 0) is 0 Å². The maximum Gasteiger partial charge on any atom is 0.344 e. The molecule has 0 saturated carbocycles. The van der Waals surface area contributed by atoms with E-state index in [4.69, 9.17) is 0 Å². The lowest BCUT2D eigenvalue weighted by Gasteiger charge is -2.29. The number of nitrogens with zero attached hydrogens (tertiary/aromatic N) is 3. The molecule has 128 valence electrons. The molecule has 0 saturated heterocycles. The quantitative estimate of drug-likeness (QED) is 0.850. The molecule has 1 atom stereocenters. The normalized spacial score (nSPS) is 17.6. The summed E-state index contributed by atoms with van der Waals surface area (Å²) in [4.78, 5) is 36.1. The summed E-state index contributed by atoms with van der Waals surface area (Å²) in [5.74, 6) is -0.302. The highest BCUT2D eigenvalue weighted by atomic mass is 19.1. The van der Waals surface area contributed by atoms with Crippen LogP contribution in [-0.4, -0.2) is 37.8 Å². The number of aromatic amines is 1. The number of aromatic nitrogens is 3. The molecule has 8 nitrogen and oxygen atoms in total. The van der Waals surface area contributed by atoms with Gasteiger partial charge in [-0.15, -0.1) is 0 Å². The summed E-state index contributed by atoms with van der Waals surface area (Å²) < 4.78 is 14.2. The molecule has 23 heavy (non-hydrogen) atoms. The number of amides is 2. The fraction of sp³-hybridized carbons (Fsp3) is 0.571. The Bertz CT molecular complexity index is 692. The van der Waals surface area contributed by atoms with Crippen molar-refractivity contribution in [3.8, 4) is 0 Å². The SMILES string of the molecule is CC(C)n1ncc(=O)[nH]c1=O.CC1NC(=O)N(C(C)C)C=C1F. The molecule has 0 radical (unpaired) electrons. The highest BCUT2D eigenvalue weighted by molar-refractivity contribution is 5.77. The van der Waals surface area contributed by atoms with Crippen molar-refractivity contribution in [2.45, 2.75) is 52.7 Å². The highest BCUT2D eigenvalue weighted by Gasteiger charge is 2.24. The third kappa shape index (κ3) is 5.04. The minimum absolute atomic E-state index is 0.0109. The van der Waals surface area contributed by atoms with Crippen LogP contribution >= 0.6 is 0 Å². The predicted octanol–water partition coefficient (Wildman–Crippen LogP) is 1.13. The Morgan fingerprint density at radius 3 is 2.26 bits per heavy atom. The van der Waals surface area contributed by atoms with Crippen LogP contribution < -0.4 is 16.6 Å². The van der Waals surface area contributed by atoms with Crippen molar-refractivity contribution >= 4 is 6.03 Å². The minimum atomic E-state index is -0.493. The maximum atomic E-state index is 13.0. The lowest BCUT2D eigenvalue weighted by molar-refractivity contribution is 0.194.